The van der Waals surface area contributed by atoms with E-state index in [9.17, 15) is 19.8 Å². The number of carbonyl (C=O) groups excluding carboxylic acids is 2. The van der Waals surface area contributed by atoms with E-state index in [4.69, 9.17) is 4.74 Å². The van der Waals surface area contributed by atoms with Crippen molar-refractivity contribution in [1.82, 2.24) is 5.32 Å². The third-order valence-electron chi connectivity index (χ3n) is 13.4. The smallest absolute Gasteiger partial charge is 0.306 e. The molecule has 0 aliphatic carbocycles. The fourth-order valence-electron chi connectivity index (χ4n) is 8.94. The summed E-state index contributed by atoms with van der Waals surface area (Å²) in [7, 11) is 0. The number of rotatable bonds is 53. The largest absolute Gasteiger partial charge is 0.462 e. The number of esters is 1. The third kappa shape index (κ3) is 50.0. The van der Waals surface area contributed by atoms with Crippen LogP contribution in [0.2, 0.25) is 0 Å². The van der Waals surface area contributed by atoms with Crippen LogP contribution in [-0.2, 0) is 14.3 Å². The Kier molecular flexibility index (Phi) is 53.5. The molecule has 1 amide bonds. The highest BCUT2D eigenvalue weighted by molar-refractivity contribution is 5.77. The predicted molar refractivity (Wildman–Crippen MR) is 296 cm³/mol. The second kappa shape index (κ2) is 55.5. The lowest BCUT2D eigenvalue weighted by atomic mass is 10.0. The van der Waals surface area contributed by atoms with Crippen molar-refractivity contribution in [3.8, 4) is 0 Å². The molecule has 0 aromatic heterocycles. The van der Waals surface area contributed by atoms with Crippen LogP contribution in [0.1, 0.15) is 297 Å². The van der Waals surface area contributed by atoms with E-state index >= 15 is 0 Å². The Morgan fingerprint density at radius 3 is 1.18 bits per heavy atom. The first-order valence-electron chi connectivity index (χ1n) is 29.5. The summed E-state index contributed by atoms with van der Waals surface area (Å²) in [5.74, 6) is -0.518. The molecule has 0 radical (unpaired) electrons. The standard InChI is InChI=1S/C62H113NO5/c1-4-7-10-13-16-19-22-25-28-30-33-35-38-41-44-47-50-53-58(68-62(67)55-52-49-46-43-40-37-32-27-24-21-18-15-12-9-6-3)56-61(66)63-59(57-64)60(65)54-51-48-45-42-39-36-34-31-29-26-23-20-17-14-11-8-5-2/h7,10,16,19,25,28,33,35,41,44,58-60,64-65H,4-6,8-9,11-15,17-18,20-24,26-27,29-32,34,36-40,42-43,45-57H2,1-3H3,(H,63,66)/b10-7-,19-16-,28-25-,35-33-,44-41-. The van der Waals surface area contributed by atoms with E-state index in [2.05, 4.69) is 86.8 Å². The van der Waals surface area contributed by atoms with Crippen molar-refractivity contribution in [3.63, 3.8) is 0 Å². The number of ether oxygens (including phenoxy) is 1. The Morgan fingerprint density at radius 2 is 0.794 bits per heavy atom. The first-order chi connectivity index (χ1) is 33.5. The summed E-state index contributed by atoms with van der Waals surface area (Å²) < 4.78 is 5.94. The zero-order valence-corrected chi connectivity index (χ0v) is 45.2. The summed E-state index contributed by atoms with van der Waals surface area (Å²) in [5.41, 5.74) is 0. The second-order valence-electron chi connectivity index (χ2n) is 20.0. The molecule has 0 rings (SSSR count). The van der Waals surface area contributed by atoms with Crippen molar-refractivity contribution < 1.29 is 24.5 Å². The summed E-state index contributed by atoms with van der Waals surface area (Å²) in [5, 5.41) is 23.9. The Morgan fingerprint density at radius 1 is 0.441 bits per heavy atom. The maximum Gasteiger partial charge on any atom is 0.306 e. The van der Waals surface area contributed by atoms with Gasteiger partial charge in [-0.25, -0.2) is 0 Å². The van der Waals surface area contributed by atoms with Gasteiger partial charge in [0.1, 0.15) is 6.10 Å². The molecule has 0 aliphatic rings. The molecule has 396 valence electrons. The average Bonchev–Trinajstić information content (AvgIpc) is 3.33. The maximum atomic E-state index is 13.3. The summed E-state index contributed by atoms with van der Waals surface area (Å²) in [6.07, 6.45) is 70.1. The van der Waals surface area contributed by atoms with E-state index in [0.29, 0.717) is 19.3 Å². The van der Waals surface area contributed by atoms with Gasteiger partial charge in [-0.1, -0.05) is 281 Å². The number of hydrogen-bond donors (Lipinski definition) is 3. The van der Waals surface area contributed by atoms with E-state index in [0.717, 1.165) is 83.5 Å². The van der Waals surface area contributed by atoms with Crippen molar-refractivity contribution in [3.05, 3.63) is 60.8 Å². The quantitative estimate of drug-likeness (QED) is 0.0321. The highest BCUT2D eigenvalue weighted by atomic mass is 16.5. The van der Waals surface area contributed by atoms with Gasteiger partial charge in [-0.2, -0.15) is 0 Å². The Hall–Kier alpha value is -2.44. The van der Waals surface area contributed by atoms with Crippen LogP contribution in [0.5, 0.6) is 0 Å². The molecule has 3 N–H and O–H groups in total. The normalized spacial score (nSPS) is 13.5. The fraction of sp³-hybridized carbons (Fsp3) is 0.806. The first kappa shape index (κ1) is 65.6. The van der Waals surface area contributed by atoms with Crippen LogP contribution in [-0.4, -0.2) is 46.9 Å². The van der Waals surface area contributed by atoms with Crippen LogP contribution >= 0.6 is 0 Å². The van der Waals surface area contributed by atoms with Gasteiger partial charge < -0.3 is 20.3 Å². The lowest BCUT2D eigenvalue weighted by Gasteiger charge is -2.24. The van der Waals surface area contributed by atoms with E-state index in [1.807, 2.05) is 0 Å². The molecular formula is C62H113NO5. The van der Waals surface area contributed by atoms with Crippen LogP contribution in [0.25, 0.3) is 0 Å². The molecule has 0 saturated carbocycles. The molecule has 3 atom stereocenters. The molecule has 0 aliphatic heterocycles. The van der Waals surface area contributed by atoms with Gasteiger partial charge >= 0.3 is 5.97 Å². The number of allylic oxidation sites excluding steroid dienone is 10. The van der Waals surface area contributed by atoms with E-state index in [-0.39, 0.29) is 24.9 Å². The number of unbranched alkanes of at least 4 members (excludes halogenated alkanes) is 31. The maximum absolute atomic E-state index is 13.3. The minimum Gasteiger partial charge on any atom is -0.462 e. The van der Waals surface area contributed by atoms with Crippen LogP contribution < -0.4 is 5.32 Å². The number of nitrogens with one attached hydrogen (secondary N) is 1. The monoisotopic (exact) mass is 952 g/mol. The number of amides is 1. The number of aliphatic hydroxyl groups excluding tert-OH is 2. The predicted octanol–water partition coefficient (Wildman–Crippen LogP) is 18.4. The van der Waals surface area contributed by atoms with Gasteiger partial charge in [0.15, 0.2) is 0 Å². The molecule has 0 spiro atoms. The van der Waals surface area contributed by atoms with Crippen molar-refractivity contribution >= 4 is 11.9 Å². The van der Waals surface area contributed by atoms with E-state index < -0.39 is 18.2 Å². The molecule has 3 unspecified atom stereocenters. The number of aliphatic hydroxyl groups is 2. The van der Waals surface area contributed by atoms with Crippen molar-refractivity contribution in [2.24, 2.45) is 0 Å². The number of carbonyl (C=O) groups is 2. The van der Waals surface area contributed by atoms with E-state index in [1.165, 1.54) is 167 Å². The van der Waals surface area contributed by atoms with Crippen LogP contribution in [0.15, 0.2) is 60.8 Å². The molecule has 6 heteroatoms. The van der Waals surface area contributed by atoms with Gasteiger partial charge in [0.2, 0.25) is 5.91 Å². The molecule has 0 aromatic rings. The van der Waals surface area contributed by atoms with Crippen molar-refractivity contribution in [1.29, 1.82) is 0 Å². The van der Waals surface area contributed by atoms with Gasteiger partial charge in [0.05, 0.1) is 25.2 Å². The molecule has 0 heterocycles. The van der Waals surface area contributed by atoms with Gasteiger partial charge in [0.25, 0.3) is 0 Å². The zero-order chi connectivity index (χ0) is 49.5. The zero-order valence-electron chi connectivity index (χ0n) is 45.2. The summed E-state index contributed by atoms with van der Waals surface area (Å²) in [6, 6.07) is -0.721. The van der Waals surface area contributed by atoms with Gasteiger partial charge in [0, 0.05) is 6.42 Å². The molecule has 6 nitrogen and oxygen atoms in total. The lowest BCUT2D eigenvalue weighted by Crippen LogP contribution is -2.46. The average molecular weight is 953 g/mol. The molecular weight excluding hydrogens is 839 g/mol. The summed E-state index contributed by atoms with van der Waals surface area (Å²) >= 11 is 0. The first-order valence-corrected chi connectivity index (χ1v) is 29.5. The highest BCUT2D eigenvalue weighted by Crippen LogP contribution is 2.18. The third-order valence-corrected chi connectivity index (χ3v) is 13.4. The Bertz CT molecular complexity index is 1210. The minimum atomic E-state index is -0.804. The van der Waals surface area contributed by atoms with Crippen LogP contribution in [0.3, 0.4) is 0 Å². The molecule has 0 fully saturated rings. The summed E-state index contributed by atoms with van der Waals surface area (Å²) in [4.78, 5) is 26.3. The van der Waals surface area contributed by atoms with Crippen LogP contribution in [0.4, 0.5) is 0 Å². The Balaban J connectivity index is 4.62. The number of hydrogen-bond acceptors (Lipinski definition) is 5. The summed E-state index contributed by atoms with van der Waals surface area (Å²) in [6.45, 7) is 6.39. The highest BCUT2D eigenvalue weighted by Gasteiger charge is 2.24. The fourth-order valence-corrected chi connectivity index (χ4v) is 8.94. The molecule has 0 saturated heterocycles. The molecule has 68 heavy (non-hydrogen) atoms. The van der Waals surface area contributed by atoms with Gasteiger partial charge in [-0.3, -0.25) is 9.59 Å². The van der Waals surface area contributed by atoms with E-state index in [1.54, 1.807) is 0 Å². The van der Waals surface area contributed by atoms with Gasteiger partial charge in [-0.05, 0) is 64.2 Å². The van der Waals surface area contributed by atoms with Gasteiger partial charge in [-0.15, -0.1) is 0 Å². The topological polar surface area (TPSA) is 95.9 Å². The second-order valence-corrected chi connectivity index (χ2v) is 20.0. The lowest BCUT2D eigenvalue weighted by molar-refractivity contribution is -0.151. The van der Waals surface area contributed by atoms with Crippen molar-refractivity contribution in [2.45, 2.75) is 315 Å². The SMILES string of the molecule is CC/C=C\C/C=C\C/C=C\C/C=C\C/C=C\CCCC(CC(=O)NC(CO)C(O)CCCCCCCCCCCCCCCCCCC)OC(=O)CCCCCCCCCCCCCCCCC. The van der Waals surface area contributed by atoms with Crippen LogP contribution in [0, 0.1) is 0 Å². The molecule has 0 bridgehead atoms. The minimum absolute atomic E-state index is 0.0403. The van der Waals surface area contributed by atoms with Crippen molar-refractivity contribution in [2.75, 3.05) is 6.61 Å². The Labute approximate surface area is 422 Å². The molecule has 0 aromatic carbocycles.